The largest absolute Gasteiger partial charge is 0.389 e. The van der Waals surface area contributed by atoms with E-state index in [1.54, 1.807) is 16.8 Å². The Hall–Kier alpha value is -1.04. The Balaban J connectivity index is 2.66. The van der Waals surface area contributed by atoms with Gasteiger partial charge in [0.15, 0.2) is 0 Å². The second kappa shape index (κ2) is 6.78. The van der Waals surface area contributed by atoms with Gasteiger partial charge in [0, 0.05) is 25.9 Å². The van der Waals surface area contributed by atoms with Crippen molar-refractivity contribution in [3.05, 3.63) is 23.0 Å². The smallest absolute Gasteiger partial charge is 0.268 e. The molecule has 1 aromatic heterocycles. The highest BCUT2D eigenvalue weighted by Gasteiger charge is 2.15. The molecule has 0 aliphatic heterocycles. The van der Waals surface area contributed by atoms with E-state index in [-0.39, 0.29) is 25.1 Å². The Bertz CT molecular complexity index is 404. The predicted octanol–water partition coefficient (Wildman–Crippen LogP) is 1.46. The normalized spacial score (nSPS) is 12.8. The van der Waals surface area contributed by atoms with Crippen LogP contribution in [-0.4, -0.2) is 41.9 Å². The zero-order valence-corrected chi connectivity index (χ0v) is 11.6. The van der Waals surface area contributed by atoms with Crippen molar-refractivity contribution in [2.75, 3.05) is 20.3 Å². The van der Waals surface area contributed by atoms with Crippen LogP contribution in [0.2, 0.25) is 5.02 Å². The maximum absolute atomic E-state index is 11.9. The van der Waals surface area contributed by atoms with Crippen molar-refractivity contribution < 1.29 is 14.6 Å². The fourth-order valence-electron chi connectivity index (χ4n) is 1.61. The number of halogens is 1. The molecule has 1 rings (SSSR count). The number of methoxy groups -OCH3 is 1. The summed E-state index contributed by atoms with van der Waals surface area (Å²) in [5.74, 6) is -0.259. The zero-order chi connectivity index (χ0) is 13.7. The number of carbonyl (C=O) groups is 1. The van der Waals surface area contributed by atoms with Gasteiger partial charge in [0.25, 0.3) is 5.91 Å². The molecule has 18 heavy (non-hydrogen) atoms. The minimum absolute atomic E-state index is 0.141. The molecule has 0 bridgehead atoms. The van der Waals surface area contributed by atoms with E-state index in [0.717, 1.165) is 0 Å². The van der Waals surface area contributed by atoms with E-state index in [2.05, 4.69) is 5.32 Å². The second-order valence-electron chi connectivity index (χ2n) is 4.36. The van der Waals surface area contributed by atoms with Crippen LogP contribution < -0.4 is 5.32 Å². The number of amides is 1. The van der Waals surface area contributed by atoms with E-state index in [1.807, 2.05) is 13.8 Å². The van der Waals surface area contributed by atoms with Gasteiger partial charge in [0.05, 0.1) is 17.7 Å². The van der Waals surface area contributed by atoms with Crippen LogP contribution in [0.1, 0.15) is 30.4 Å². The number of nitrogens with zero attached hydrogens (tertiary/aromatic N) is 1. The van der Waals surface area contributed by atoms with E-state index in [0.29, 0.717) is 10.7 Å². The molecule has 0 radical (unpaired) electrons. The van der Waals surface area contributed by atoms with Crippen LogP contribution in [0.5, 0.6) is 0 Å². The van der Waals surface area contributed by atoms with Gasteiger partial charge in [-0.05, 0) is 19.9 Å². The molecule has 5 nitrogen and oxygen atoms in total. The molecule has 0 aliphatic rings. The van der Waals surface area contributed by atoms with Crippen LogP contribution in [-0.2, 0) is 4.74 Å². The first-order valence-corrected chi connectivity index (χ1v) is 6.16. The summed E-state index contributed by atoms with van der Waals surface area (Å²) < 4.78 is 6.57. The number of hydrogen-bond acceptors (Lipinski definition) is 3. The van der Waals surface area contributed by atoms with Crippen molar-refractivity contribution in [2.24, 2.45) is 0 Å². The van der Waals surface area contributed by atoms with Crippen molar-refractivity contribution in [2.45, 2.75) is 26.0 Å². The summed E-state index contributed by atoms with van der Waals surface area (Å²) in [6.45, 7) is 4.26. The Labute approximate surface area is 112 Å². The molecule has 0 fully saturated rings. The fourth-order valence-corrected chi connectivity index (χ4v) is 1.82. The topological polar surface area (TPSA) is 63.5 Å². The average Bonchev–Trinajstić information content (AvgIpc) is 2.69. The second-order valence-corrected chi connectivity index (χ2v) is 4.80. The van der Waals surface area contributed by atoms with Crippen molar-refractivity contribution in [1.82, 2.24) is 9.88 Å². The minimum Gasteiger partial charge on any atom is -0.389 e. The summed E-state index contributed by atoms with van der Waals surface area (Å²) in [6, 6.07) is 1.75. The summed E-state index contributed by atoms with van der Waals surface area (Å²) in [7, 11) is 1.49. The molecule has 1 unspecified atom stereocenters. The monoisotopic (exact) mass is 274 g/mol. The van der Waals surface area contributed by atoms with E-state index >= 15 is 0 Å². The van der Waals surface area contributed by atoms with Crippen LogP contribution >= 0.6 is 11.6 Å². The van der Waals surface area contributed by atoms with Crippen LogP contribution in [0.4, 0.5) is 0 Å². The van der Waals surface area contributed by atoms with E-state index in [9.17, 15) is 9.90 Å². The standard InChI is InChI=1S/C12H19ClN2O3/c1-8(2)15-6-9(13)4-11(15)12(17)14-5-10(16)7-18-3/h4,6,8,10,16H,5,7H2,1-3H3,(H,14,17). The molecule has 0 saturated heterocycles. The summed E-state index contributed by atoms with van der Waals surface area (Å²) in [4.78, 5) is 11.9. The van der Waals surface area contributed by atoms with Crippen LogP contribution in [0.25, 0.3) is 0 Å². The maximum Gasteiger partial charge on any atom is 0.268 e. The van der Waals surface area contributed by atoms with Crippen LogP contribution in [0, 0.1) is 0 Å². The van der Waals surface area contributed by atoms with E-state index < -0.39 is 6.10 Å². The molecule has 1 atom stereocenters. The quantitative estimate of drug-likeness (QED) is 0.825. The number of nitrogens with one attached hydrogen (secondary N) is 1. The number of hydrogen-bond donors (Lipinski definition) is 2. The molecular weight excluding hydrogens is 256 g/mol. The number of aliphatic hydroxyl groups excluding tert-OH is 1. The molecule has 6 heteroatoms. The number of aromatic nitrogens is 1. The van der Waals surface area contributed by atoms with Gasteiger partial charge in [0.1, 0.15) is 5.69 Å². The van der Waals surface area contributed by atoms with Crippen LogP contribution in [0.3, 0.4) is 0 Å². The lowest BCUT2D eigenvalue weighted by Crippen LogP contribution is -2.35. The summed E-state index contributed by atoms with van der Waals surface area (Å²) in [5, 5.41) is 12.6. The van der Waals surface area contributed by atoms with Gasteiger partial charge in [-0.3, -0.25) is 4.79 Å². The van der Waals surface area contributed by atoms with Crippen molar-refractivity contribution in [1.29, 1.82) is 0 Å². The van der Waals surface area contributed by atoms with Gasteiger partial charge in [0.2, 0.25) is 0 Å². The molecule has 2 N–H and O–H groups in total. The van der Waals surface area contributed by atoms with Gasteiger partial charge in [-0.15, -0.1) is 0 Å². The van der Waals surface area contributed by atoms with Crippen molar-refractivity contribution in [3.63, 3.8) is 0 Å². The number of carbonyl (C=O) groups excluding carboxylic acids is 1. The van der Waals surface area contributed by atoms with Gasteiger partial charge >= 0.3 is 0 Å². The molecule has 1 heterocycles. The zero-order valence-electron chi connectivity index (χ0n) is 10.8. The lowest BCUT2D eigenvalue weighted by atomic mass is 10.3. The van der Waals surface area contributed by atoms with Crippen LogP contribution in [0.15, 0.2) is 12.3 Å². The Morgan fingerprint density at radius 2 is 2.28 bits per heavy atom. The van der Waals surface area contributed by atoms with Gasteiger partial charge in [-0.25, -0.2) is 0 Å². The molecule has 0 saturated carbocycles. The highest BCUT2D eigenvalue weighted by Crippen LogP contribution is 2.18. The van der Waals surface area contributed by atoms with E-state index in [4.69, 9.17) is 16.3 Å². The average molecular weight is 275 g/mol. The number of rotatable bonds is 6. The number of ether oxygens (including phenoxy) is 1. The highest BCUT2D eigenvalue weighted by atomic mass is 35.5. The third-order valence-corrected chi connectivity index (χ3v) is 2.67. The Morgan fingerprint density at radius 3 is 2.83 bits per heavy atom. The third-order valence-electron chi connectivity index (χ3n) is 2.46. The van der Waals surface area contributed by atoms with E-state index in [1.165, 1.54) is 7.11 Å². The SMILES string of the molecule is COCC(O)CNC(=O)c1cc(Cl)cn1C(C)C. The predicted molar refractivity (Wildman–Crippen MR) is 70.0 cm³/mol. The molecule has 1 amide bonds. The molecular formula is C12H19ClN2O3. The maximum atomic E-state index is 11.9. The summed E-state index contributed by atoms with van der Waals surface area (Å²) in [6.07, 6.45) is 1.00. The number of aliphatic hydroxyl groups is 1. The van der Waals surface area contributed by atoms with Crippen molar-refractivity contribution in [3.8, 4) is 0 Å². The highest BCUT2D eigenvalue weighted by molar-refractivity contribution is 6.31. The first-order chi connectivity index (χ1) is 8.45. The summed E-state index contributed by atoms with van der Waals surface area (Å²) in [5.41, 5.74) is 0.486. The third kappa shape index (κ3) is 4.01. The van der Waals surface area contributed by atoms with Crippen molar-refractivity contribution >= 4 is 17.5 Å². The molecule has 0 spiro atoms. The Morgan fingerprint density at radius 1 is 1.61 bits per heavy atom. The fraction of sp³-hybridized carbons (Fsp3) is 0.583. The summed E-state index contributed by atoms with van der Waals surface area (Å²) >= 11 is 5.90. The molecule has 0 aliphatic carbocycles. The lowest BCUT2D eigenvalue weighted by Gasteiger charge is -2.14. The van der Waals surface area contributed by atoms with Gasteiger partial charge in [-0.1, -0.05) is 11.6 Å². The lowest BCUT2D eigenvalue weighted by molar-refractivity contribution is 0.0607. The minimum atomic E-state index is -0.711. The molecule has 0 aromatic carbocycles. The Kier molecular flexibility index (Phi) is 5.65. The van der Waals surface area contributed by atoms with Gasteiger partial charge < -0.3 is 19.7 Å². The first-order valence-electron chi connectivity index (χ1n) is 5.78. The molecule has 102 valence electrons. The first kappa shape index (κ1) is 15.0. The molecule has 1 aromatic rings. The van der Waals surface area contributed by atoms with Gasteiger partial charge in [-0.2, -0.15) is 0 Å².